The molecule has 1 saturated carbocycles. The normalized spacial score (nSPS) is 26.4. The summed E-state index contributed by atoms with van der Waals surface area (Å²) in [6.07, 6.45) is 6.56. The first-order valence-corrected chi connectivity index (χ1v) is 7.09. The van der Waals surface area contributed by atoms with Crippen LogP contribution in [0, 0.1) is 6.92 Å². The molecule has 5 nitrogen and oxygen atoms in total. The molecule has 2 aliphatic rings. The van der Waals surface area contributed by atoms with Crippen molar-refractivity contribution in [1.29, 1.82) is 0 Å². The van der Waals surface area contributed by atoms with E-state index >= 15 is 0 Å². The Balaban J connectivity index is 1.85. The molecule has 1 atom stereocenters. The largest absolute Gasteiger partial charge is 0.378 e. The highest BCUT2D eigenvalue weighted by Gasteiger charge is 2.26. The Morgan fingerprint density at radius 2 is 2.06 bits per heavy atom. The first kappa shape index (κ1) is 12.1. The van der Waals surface area contributed by atoms with Crippen molar-refractivity contribution in [3.63, 3.8) is 0 Å². The number of hydrogen-bond donors (Lipinski definition) is 1. The Kier molecular flexibility index (Phi) is 3.61. The molecule has 0 bridgehead atoms. The lowest BCUT2D eigenvalue weighted by atomic mass is 9.95. The maximum absolute atomic E-state index is 5.54. The van der Waals surface area contributed by atoms with Crippen LogP contribution in [0.15, 0.2) is 0 Å². The topological polar surface area (TPSA) is 52.0 Å². The third kappa shape index (κ3) is 2.29. The molecule has 1 N–H and O–H groups in total. The van der Waals surface area contributed by atoms with Gasteiger partial charge in [-0.25, -0.2) is 0 Å². The number of ether oxygens (including phenoxy) is 1. The van der Waals surface area contributed by atoms with E-state index in [2.05, 4.69) is 27.0 Å². The van der Waals surface area contributed by atoms with Crippen LogP contribution in [0.25, 0.3) is 0 Å². The molecular weight excluding hydrogens is 228 g/mol. The Bertz CT molecular complexity index is 392. The van der Waals surface area contributed by atoms with Gasteiger partial charge in [0.2, 0.25) is 0 Å². The fourth-order valence-electron chi connectivity index (χ4n) is 3.15. The van der Waals surface area contributed by atoms with Gasteiger partial charge in [-0.15, -0.1) is 10.2 Å². The van der Waals surface area contributed by atoms with Crippen molar-refractivity contribution >= 4 is 0 Å². The Hall–Kier alpha value is -0.940. The van der Waals surface area contributed by atoms with Crippen molar-refractivity contribution < 1.29 is 4.74 Å². The van der Waals surface area contributed by atoms with Crippen LogP contribution in [-0.2, 0) is 4.74 Å². The van der Waals surface area contributed by atoms with Crippen molar-refractivity contribution in [2.75, 3.05) is 19.8 Å². The van der Waals surface area contributed by atoms with Gasteiger partial charge < -0.3 is 14.6 Å². The van der Waals surface area contributed by atoms with Gasteiger partial charge in [0.05, 0.1) is 19.3 Å². The van der Waals surface area contributed by atoms with Crippen molar-refractivity contribution in [1.82, 2.24) is 20.1 Å². The molecule has 0 radical (unpaired) electrons. The first-order valence-electron chi connectivity index (χ1n) is 7.09. The Morgan fingerprint density at radius 3 is 2.78 bits per heavy atom. The molecular formula is C13H22N4O. The molecule has 100 valence electrons. The van der Waals surface area contributed by atoms with Crippen LogP contribution in [0.3, 0.4) is 0 Å². The number of aromatic nitrogens is 3. The lowest BCUT2D eigenvalue weighted by Gasteiger charge is -2.29. The Morgan fingerprint density at radius 1 is 1.22 bits per heavy atom. The summed E-state index contributed by atoms with van der Waals surface area (Å²) in [6.45, 7) is 4.48. The van der Waals surface area contributed by atoms with Gasteiger partial charge in [0.15, 0.2) is 5.82 Å². The summed E-state index contributed by atoms with van der Waals surface area (Å²) >= 11 is 0. The fraction of sp³-hybridized carbons (Fsp3) is 0.846. The van der Waals surface area contributed by atoms with Crippen molar-refractivity contribution in [2.45, 2.75) is 51.1 Å². The van der Waals surface area contributed by atoms with Crippen molar-refractivity contribution in [3.05, 3.63) is 11.6 Å². The lowest BCUT2D eigenvalue weighted by Crippen LogP contribution is -2.37. The number of aryl methyl sites for hydroxylation is 1. The van der Waals surface area contributed by atoms with Gasteiger partial charge in [-0.05, 0) is 19.8 Å². The van der Waals surface area contributed by atoms with Crippen LogP contribution in [0.2, 0.25) is 0 Å². The third-order valence-electron chi connectivity index (χ3n) is 4.07. The number of hydrogen-bond acceptors (Lipinski definition) is 4. The van der Waals surface area contributed by atoms with Gasteiger partial charge in [0.1, 0.15) is 5.82 Å². The van der Waals surface area contributed by atoms with Crippen LogP contribution in [-0.4, -0.2) is 34.5 Å². The predicted octanol–water partition coefficient (Wildman–Crippen LogP) is 1.75. The average molecular weight is 250 g/mol. The second-order valence-corrected chi connectivity index (χ2v) is 5.35. The number of morpholine rings is 1. The van der Waals surface area contributed by atoms with E-state index in [-0.39, 0.29) is 6.04 Å². The number of nitrogens with one attached hydrogen (secondary N) is 1. The minimum atomic E-state index is 0.210. The van der Waals surface area contributed by atoms with Gasteiger partial charge in [0.25, 0.3) is 0 Å². The van der Waals surface area contributed by atoms with Gasteiger partial charge in [-0.1, -0.05) is 19.3 Å². The van der Waals surface area contributed by atoms with Gasteiger partial charge in [0, 0.05) is 12.6 Å². The third-order valence-corrected chi connectivity index (χ3v) is 4.07. The highest BCUT2D eigenvalue weighted by molar-refractivity contribution is 5.04. The molecule has 1 aromatic heterocycles. The predicted molar refractivity (Wildman–Crippen MR) is 68.4 cm³/mol. The van der Waals surface area contributed by atoms with Crippen LogP contribution < -0.4 is 5.32 Å². The SMILES string of the molecule is Cc1nnc(C2COCCN2)n1C1CCCCC1. The summed E-state index contributed by atoms with van der Waals surface area (Å²) in [5, 5.41) is 12.1. The highest BCUT2D eigenvalue weighted by Crippen LogP contribution is 2.31. The van der Waals surface area contributed by atoms with E-state index < -0.39 is 0 Å². The second kappa shape index (κ2) is 5.36. The molecule has 3 rings (SSSR count). The van der Waals surface area contributed by atoms with E-state index in [0.29, 0.717) is 12.6 Å². The summed E-state index contributed by atoms with van der Waals surface area (Å²) < 4.78 is 7.90. The molecule has 1 aromatic rings. The van der Waals surface area contributed by atoms with Crippen molar-refractivity contribution in [3.8, 4) is 0 Å². The maximum atomic E-state index is 5.54. The van der Waals surface area contributed by atoms with Crippen LogP contribution in [0.4, 0.5) is 0 Å². The molecule has 2 heterocycles. The molecule has 2 fully saturated rings. The zero-order chi connectivity index (χ0) is 12.4. The van der Waals surface area contributed by atoms with Crippen LogP contribution in [0.5, 0.6) is 0 Å². The summed E-state index contributed by atoms with van der Waals surface area (Å²) in [5.74, 6) is 2.11. The van der Waals surface area contributed by atoms with Gasteiger partial charge in [-0.3, -0.25) is 0 Å². The maximum Gasteiger partial charge on any atom is 0.152 e. The van der Waals surface area contributed by atoms with E-state index in [0.717, 1.165) is 24.8 Å². The van der Waals surface area contributed by atoms with E-state index in [1.54, 1.807) is 0 Å². The minimum absolute atomic E-state index is 0.210. The summed E-state index contributed by atoms with van der Waals surface area (Å²) in [6, 6.07) is 0.800. The summed E-state index contributed by atoms with van der Waals surface area (Å²) in [5.41, 5.74) is 0. The van der Waals surface area contributed by atoms with E-state index in [1.165, 1.54) is 32.1 Å². The van der Waals surface area contributed by atoms with E-state index in [9.17, 15) is 0 Å². The Labute approximate surface area is 108 Å². The highest BCUT2D eigenvalue weighted by atomic mass is 16.5. The zero-order valence-electron chi connectivity index (χ0n) is 11.1. The quantitative estimate of drug-likeness (QED) is 0.869. The van der Waals surface area contributed by atoms with Crippen LogP contribution >= 0.6 is 0 Å². The second-order valence-electron chi connectivity index (χ2n) is 5.35. The van der Waals surface area contributed by atoms with Gasteiger partial charge >= 0.3 is 0 Å². The smallest absolute Gasteiger partial charge is 0.152 e. The number of nitrogens with zero attached hydrogens (tertiary/aromatic N) is 3. The molecule has 1 unspecified atom stereocenters. The molecule has 0 spiro atoms. The van der Waals surface area contributed by atoms with Crippen LogP contribution in [0.1, 0.15) is 55.8 Å². The van der Waals surface area contributed by atoms with Gasteiger partial charge in [-0.2, -0.15) is 0 Å². The first-order chi connectivity index (χ1) is 8.86. The monoisotopic (exact) mass is 250 g/mol. The summed E-state index contributed by atoms with van der Waals surface area (Å²) in [7, 11) is 0. The van der Waals surface area contributed by atoms with Crippen molar-refractivity contribution in [2.24, 2.45) is 0 Å². The average Bonchev–Trinajstić information content (AvgIpc) is 2.83. The molecule has 1 aliphatic heterocycles. The summed E-state index contributed by atoms with van der Waals surface area (Å²) in [4.78, 5) is 0. The molecule has 0 aromatic carbocycles. The molecule has 18 heavy (non-hydrogen) atoms. The van der Waals surface area contributed by atoms with E-state index in [1.807, 2.05) is 0 Å². The fourth-order valence-corrected chi connectivity index (χ4v) is 3.15. The molecule has 0 amide bonds. The molecule has 5 heteroatoms. The minimum Gasteiger partial charge on any atom is -0.378 e. The number of rotatable bonds is 2. The lowest BCUT2D eigenvalue weighted by molar-refractivity contribution is 0.0720. The zero-order valence-corrected chi connectivity index (χ0v) is 11.1. The standard InChI is InChI=1S/C13H22N4O/c1-10-15-16-13(12-9-18-8-7-14-12)17(10)11-5-3-2-4-6-11/h11-12,14H,2-9H2,1H3. The molecule has 1 aliphatic carbocycles. The molecule has 1 saturated heterocycles. The van der Waals surface area contributed by atoms with E-state index in [4.69, 9.17) is 4.74 Å².